The van der Waals surface area contributed by atoms with Gasteiger partial charge < -0.3 is 9.52 Å². The van der Waals surface area contributed by atoms with Gasteiger partial charge in [-0.15, -0.1) is 0 Å². The molecule has 1 aliphatic carbocycles. The smallest absolute Gasteiger partial charge is 0.134 e. The van der Waals surface area contributed by atoms with Gasteiger partial charge in [0, 0.05) is 5.39 Å². The van der Waals surface area contributed by atoms with Crippen molar-refractivity contribution in [2.45, 2.75) is 33.3 Å². The number of aryl methyl sites for hydroxylation is 1. The first-order chi connectivity index (χ1) is 7.97. The van der Waals surface area contributed by atoms with Crippen molar-refractivity contribution in [1.82, 2.24) is 0 Å². The van der Waals surface area contributed by atoms with Crippen LogP contribution in [-0.4, -0.2) is 5.11 Å². The molecule has 0 bridgehead atoms. The minimum Gasteiger partial charge on any atom is -0.458 e. The maximum Gasteiger partial charge on any atom is 0.134 e. The topological polar surface area (TPSA) is 33.4 Å². The summed E-state index contributed by atoms with van der Waals surface area (Å²) in [6.07, 6.45) is 0.613. The van der Waals surface area contributed by atoms with Gasteiger partial charge in [0.05, 0.1) is 0 Å². The van der Waals surface area contributed by atoms with Crippen LogP contribution < -0.4 is 0 Å². The van der Waals surface area contributed by atoms with Gasteiger partial charge in [0.2, 0.25) is 0 Å². The molecule has 2 aromatic rings. The average molecular weight is 230 g/mol. The molecule has 0 spiro atoms. The Bertz CT molecular complexity index is 565. The highest BCUT2D eigenvalue weighted by atomic mass is 16.4. The van der Waals surface area contributed by atoms with Crippen molar-refractivity contribution in [3.63, 3.8) is 0 Å². The molecular weight excluding hydrogens is 212 g/mol. The van der Waals surface area contributed by atoms with Gasteiger partial charge in [-0.05, 0) is 42.9 Å². The van der Waals surface area contributed by atoms with Crippen molar-refractivity contribution in [2.24, 2.45) is 11.3 Å². The van der Waals surface area contributed by atoms with E-state index >= 15 is 0 Å². The molecule has 1 fully saturated rings. The van der Waals surface area contributed by atoms with Crippen molar-refractivity contribution in [3.05, 3.63) is 35.6 Å². The lowest BCUT2D eigenvalue weighted by atomic mass is 10.0. The van der Waals surface area contributed by atoms with E-state index < -0.39 is 6.10 Å². The van der Waals surface area contributed by atoms with Crippen LogP contribution in [0.2, 0.25) is 0 Å². The van der Waals surface area contributed by atoms with Crippen molar-refractivity contribution in [3.8, 4) is 0 Å². The second-order valence-electron chi connectivity index (χ2n) is 5.93. The monoisotopic (exact) mass is 230 g/mol. The van der Waals surface area contributed by atoms with Crippen LogP contribution in [0.4, 0.5) is 0 Å². The first-order valence-corrected chi connectivity index (χ1v) is 6.15. The quantitative estimate of drug-likeness (QED) is 0.850. The summed E-state index contributed by atoms with van der Waals surface area (Å²) in [7, 11) is 0. The molecule has 1 saturated carbocycles. The van der Waals surface area contributed by atoms with Crippen molar-refractivity contribution >= 4 is 11.0 Å². The Balaban J connectivity index is 1.96. The van der Waals surface area contributed by atoms with Crippen LogP contribution in [0.3, 0.4) is 0 Å². The fourth-order valence-corrected chi connectivity index (χ4v) is 2.57. The molecule has 3 rings (SSSR count). The van der Waals surface area contributed by atoms with Gasteiger partial charge in [-0.3, -0.25) is 0 Å². The lowest BCUT2D eigenvalue weighted by Gasteiger charge is -2.08. The summed E-state index contributed by atoms with van der Waals surface area (Å²) in [5.41, 5.74) is 2.34. The zero-order valence-electron chi connectivity index (χ0n) is 10.5. The van der Waals surface area contributed by atoms with Gasteiger partial charge in [-0.2, -0.15) is 0 Å². The van der Waals surface area contributed by atoms with E-state index in [9.17, 15) is 5.11 Å². The molecule has 1 heterocycles. The number of benzene rings is 1. The van der Waals surface area contributed by atoms with Gasteiger partial charge in [0.25, 0.3) is 0 Å². The summed E-state index contributed by atoms with van der Waals surface area (Å²) in [5.74, 6) is 1.05. The minimum atomic E-state index is -0.460. The highest BCUT2D eigenvalue weighted by Crippen LogP contribution is 2.58. The summed E-state index contributed by atoms with van der Waals surface area (Å²) < 4.78 is 5.73. The Morgan fingerprint density at radius 3 is 2.71 bits per heavy atom. The van der Waals surface area contributed by atoms with Gasteiger partial charge in [-0.25, -0.2) is 0 Å². The molecule has 1 aromatic carbocycles. The third-order valence-corrected chi connectivity index (χ3v) is 3.95. The SMILES string of the molecule is Cc1ccc2oc(C(O)C3CC3(C)C)cc2c1. The predicted molar refractivity (Wildman–Crippen MR) is 67.8 cm³/mol. The van der Waals surface area contributed by atoms with E-state index in [-0.39, 0.29) is 5.41 Å². The van der Waals surface area contributed by atoms with E-state index in [4.69, 9.17) is 4.42 Å². The maximum atomic E-state index is 10.3. The molecule has 2 unspecified atom stereocenters. The fourth-order valence-electron chi connectivity index (χ4n) is 2.57. The van der Waals surface area contributed by atoms with E-state index in [1.54, 1.807) is 0 Å². The molecule has 90 valence electrons. The Labute approximate surface area is 101 Å². The average Bonchev–Trinajstić information content (AvgIpc) is 2.73. The van der Waals surface area contributed by atoms with Crippen LogP contribution >= 0.6 is 0 Å². The van der Waals surface area contributed by atoms with Crippen molar-refractivity contribution in [1.29, 1.82) is 0 Å². The molecule has 0 aliphatic heterocycles. The molecule has 1 aliphatic rings. The first kappa shape index (κ1) is 10.8. The zero-order valence-corrected chi connectivity index (χ0v) is 10.5. The second-order valence-corrected chi connectivity index (χ2v) is 5.93. The number of fused-ring (bicyclic) bond motifs is 1. The number of hydrogen-bond donors (Lipinski definition) is 1. The Morgan fingerprint density at radius 1 is 1.35 bits per heavy atom. The van der Waals surface area contributed by atoms with E-state index in [2.05, 4.69) is 26.8 Å². The Kier molecular flexibility index (Phi) is 2.14. The van der Waals surface area contributed by atoms with E-state index in [1.807, 2.05) is 18.2 Å². The summed E-state index contributed by atoms with van der Waals surface area (Å²) in [6.45, 7) is 6.44. The predicted octanol–water partition coefficient (Wildman–Crippen LogP) is 3.82. The second kappa shape index (κ2) is 3.36. The largest absolute Gasteiger partial charge is 0.458 e. The Hall–Kier alpha value is -1.28. The van der Waals surface area contributed by atoms with Crippen LogP contribution in [0.25, 0.3) is 11.0 Å². The maximum absolute atomic E-state index is 10.3. The third kappa shape index (κ3) is 1.77. The fraction of sp³-hybridized carbons (Fsp3) is 0.467. The first-order valence-electron chi connectivity index (χ1n) is 6.15. The molecule has 2 atom stereocenters. The van der Waals surface area contributed by atoms with Gasteiger partial charge >= 0.3 is 0 Å². The number of hydrogen-bond acceptors (Lipinski definition) is 2. The lowest BCUT2D eigenvalue weighted by molar-refractivity contribution is 0.115. The molecule has 2 heteroatoms. The highest BCUT2D eigenvalue weighted by Gasteiger charge is 2.51. The number of aliphatic hydroxyl groups is 1. The summed E-state index contributed by atoms with van der Waals surface area (Å²) >= 11 is 0. The van der Waals surface area contributed by atoms with Crippen LogP contribution in [0.15, 0.2) is 28.7 Å². The van der Waals surface area contributed by atoms with Gasteiger partial charge in [0.1, 0.15) is 17.4 Å². The van der Waals surface area contributed by atoms with Crippen LogP contribution in [0, 0.1) is 18.3 Å². The van der Waals surface area contributed by atoms with E-state index in [0.717, 1.165) is 17.4 Å². The van der Waals surface area contributed by atoms with Gasteiger partial charge in [0.15, 0.2) is 0 Å². The molecule has 0 saturated heterocycles. The molecule has 0 radical (unpaired) electrons. The normalized spacial score (nSPS) is 23.9. The van der Waals surface area contributed by atoms with Crippen molar-refractivity contribution in [2.75, 3.05) is 0 Å². The number of rotatable bonds is 2. The lowest BCUT2D eigenvalue weighted by Crippen LogP contribution is -2.03. The number of aliphatic hydroxyl groups excluding tert-OH is 1. The summed E-state index contributed by atoms with van der Waals surface area (Å²) in [5, 5.41) is 11.4. The Morgan fingerprint density at radius 2 is 2.06 bits per heavy atom. The van der Waals surface area contributed by atoms with Crippen LogP contribution in [-0.2, 0) is 0 Å². The summed E-state index contributed by atoms with van der Waals surface area (Å²) in [4.78, 5) is 0. The van der Waals surface area contributed by atoms with E-state index in [1.165, 1.54) is 5.56 Å². The van der Waals surface area contributed by atoms with E-state index in [0.29, 0.717) is 11.7 Å². The third-order valence-electron chi connectivity index (χ3n) is 3.95. The molecule has 1 N–H and O–H groups in total. The highest BCUT2D eigenvalue weighted by molar-refractivity contribution is 5.78. The van der Waals surface area contributed by atoms with Crippen LogP contribution in [0.1, 0.15) is 37.7 Å². The standard InChI is InChI=1S/C15H18O2/c1-9-4-5-12-10(6-9)7-13(17-12)14(16)11-8-15(11,2)3/h4-7,11,14,16H,8H2,1-3H3. The molecular formula is C15H18O2. The van der Waals surface area contributed by atoms with Crippen LogP contribution in [0.5, 0.6) is 0 Å². The van der Waals surface area contributed by atoms with Crippen molar-refractivity contribution < 1.29 is 9.52 Å². The summed E-state index contributed by atoms with van der Waals surface area (Å²) in [6, 6.07) is 8.07. The minimum absolute atomic E-state index is 0.258. The molecule has 1 aromatic heterocycles. The van der Waals surface area contributed by atoms with Gasteiger partial charge in [-0.1, -0.05) is 25.5 Å². The molecule has 0 amide bonds. The molecule has 2 nitrogen and oxygen atoms in total. The molecule has 17 heavy (non-hydrogen) atoms. The zero-order chi connectivity index (χ0) is 12.2. The number of furan rings is 1.